The second-order valence-electron chi connectivity index (χ2n) is 5.07. The molecular weight excluding hydrogens is 236 g/mol. The van der Waals surface area contributed by atoms with Gasteiger partial charge in [-0.25, -0.2) is 0 Å². The van der Waals surface area contributed by atoms with Crippen molar-refractivity contribution in [1.29, 1.82) is 0 Å². The second-order valence-corrected chi connectivity index (χ2v) is 5.07. The highest BCUT2D eigenvalue weighted by Gasteiger charge is 2.14. The largest absolute Gasteiger partial charge is 0.508 e. The highest BCUT2D eigenvalue weighted by Crippen LogP contribution is 2.24. The molecule has 2 heteroatoms. The average Bonchev–Trinajstić information content (AvgIpc) is 2.46. The molecule has 1 N–H and O–H groups in total. The quantitative estimate of drug-likeness (QED) is 0.830. The summed E-state index contributed by atoms with van der Waals surface area (Å²) in [5.41, 5.74) is 3.93. The van der Waals surface area contributed by atoms with Gasteiger partial charge in [-0.15, -0.1) is 0 Å². The van der Waals surface area contributed by atoms with Gasteiger partial charge in [0.05, 0.1) is 0 Å². The smallest absolute Gasteiger partial charge is 0.193 e. The van der Waals surface area contributed by atoms with Crippen LogP contribution in [-0.4, -0.2) is 10.9 Å². The van der Waals surface area contributed by atoms with Gasteiger partial charge in [-0.2, -0.15) is 0 Å². The SMILES string of the molecule is O=C(c1cccc(O)c1)c1ccc2c(c1)CCCC2. The molecule has 0 aromatic heterocycles. The molecule has 1 aliphatic rings. The van der Waals surface area contributed by atoms with Crippen molar-refractivity contribution < 1.29 is 9.90 Å². The number of aryl methyl sites for hydroxylation is 2. The maximum Gasteiger partial charge on any atom is 0.193 e. The summed E-state index contributed by atoms with van der Waals surface area (Å²) >= 11 is 0. The molecule has 0 unspecified atom stereocenters. The van der Waals surface area contributed by atoms with Crippen LogP contribution >= 0.6 is 0 Å². The minimum Gasteiger partial charge on any atom is -0.508 e. The zero-order valence-electron chi connectivity index (χ0n) is 10.7. The summed E-state index contributed by atoms with van der Waals surface area (Å²) in [6.07, 6.45) is 4.63. The van der Waals surface area contributed by atoms with Gasteiger partial charge in [-0.05, 0) is 55.0 Å². The molecule has 0 amide bonds. The highest BCUT2D eigenvalue weighted by atomic mass is 16.3. The Morgan fingerprint density at radius 3 is 2.42 bits per heavy atom. The van der Waals surface area contributed by atoms with Gasteiger partial charge in [0, 0.05) is 11.1 Å². The molecule has 3 rings (SSSR count). The molecule has 0 heterocycles. The van der Waals surface area contributed by atoms with E-state index in [1.54, 1.807) is 18.2 Å². The van der Waals surface area contributed by atoms with Crippen LogP contribution in [0.2, 0.25) is 0 Å². The first-order chi connectivity index (χ1) is 9.24. The molecule has 0 radical (unpaired) electrons. The zero-order valence-corrected chi connectivity index (χ0v) is 10.7. The van der Waals surface area contributed by atoms with Crippen LogP contribution < -0.4 is 0 Å². The molecule has 0 atom stereocenters. The van der Waals surface area contributed by atoms with Gasteiger partial charge in [0.2, 0.25) is 0 Å². The normalized spacial score (nSPS) is 13.9. The van der Waals surface area contributed by atoms with Crippen molar-refractivity contribution in [2.75, 3.05) is 0 Å². The summed E-state index contributed by atoms with van der Waals surface area (Å²) in [4.78, 5) is 12.4. The van der Waals surface area contributed by atoms with Crippen molar-refractivity contribution in [3.05, 3.63) is 64.7 Å². The number of aromatic hydroxyl groups is 1. The molecule has 0 saturated carbocycles. The summed E-state index contributed by atoms with van der Waals surface area (Å²) in [5, 5.41) is 9.45. The number of fused-ring (bicyclic) bond motifs is 1. The summed E-state index contributed by atoms with van der Waals surface area (Å²) < 4.78 is 0. The number of carbonyl (C=O) groups excluding carboxylic acids is 1. The lowest BCUT2D eigenvalue weighted by Gasteiger charge is -2.16. The van der Waals surface area contributed by atoms with E-state index >= 15 is 0 Å². The van der Waals surface area contributed by atoms with Crippen molar-refractivity contribution in [2.45, 2.75) is 25.7 Å². The van der Waals surface area contributed by atoms with Gasteiger partial charge < -0.3 is 5.11 Å². The minimum absolute atomic E-state index is 0.0238. The van der Waals surface area contributed by atoms with E-state index in [0.29, 0.717) is 11.1 Å². The number of hydrogen-bond acceptors (Lipinski definition) is 2. The maximum atomic E-state index is 12.4. The van der Waals surface area contributed by atoms with Gasteiger partial charge in [0.25, 0.3) is 0 Å². The maximum absolute atomic E-state index is 12.4. The third-order valence-corrected chi connectivity index (χ3v) is 3.72. The Kier molecular flexibility index (Phi) is 3.08. The molecule has 0 aliphatic heterocycles. The lowest BCUT2D eigenvalue weighted by Crippen LogP contribution is -2.07. The molecule has 1 aliphatic carbocycles. The van der Waals surface area contributed by atoms with E-state index in [1.807, 2.05) is 12.1 Å². The average molecular weight is 252 g/mol. The number of hydrogen-bond donors (Lipinski definition) is 1. The van der Waals surface area contributed by atoms with Crippen LogP contribution in [0.4, 0.5) is 0 Å². The predicted octanol–water partition coefficient (Wildman–Crippen LogP) is 3.50. The number of phenolic OH excluding ortho intramolecular Hbond substituents is 1. The second kappa shape index (κ2) is 4.88. The number of ketones is 1. The zero-order chi connectivity index (χ0) is 13.2. The first kappa shape index (κ1) is 12.0. The van der Waals surface area contributed by atoms with Crippen LogP contribution in [0.15, 0.2) is 42.5 Å². The van der Waals surface area contributed by atoms with Crippen molar-refractivity contribution in [2.24, 2.45) is 0 Å². The van der Waals surface area contributed by atoms with Crippen molar-refractivity contribution in [3.63, 3.8) is 0 Å². The molecule has 2 nitrogen and oxygen atoms in total. The minimum atomic E-state index is -0.0238. The van der Waals surface area contributed by atoms with Crippen LogP contribution in [0.25, 0.3) is 0 Å². The van der Waals surface area contributed by atoms with Crippen LogP contribution in [0.3, 0.4) is 0 Å². The molecule has 0 spiro atoms. The lowest BCUT2D eigenvalue weighted by molar-refractivity contribution is 0.103. The van der Waals surface area contributed by atoms with E-state index in [9.17, 15) is 9.90 Å². The molecule has 0 fully saturated rings. The van der Waals surface area contributed by atoms with E-state index in [-0.39, 0.29) is 11.5 Å². The third kappa shape index (κ3) is 2.39. The van der Waals surface area contributed by atoms with Gasteiger partial charge in [-0.1, -0.05) is 24.3 Å². The Morgan fingerprint density at radius 2 is 1.63 bits per heavy atom. The number of benzene rings is 2. The third-order valence-electron chi connectivity index (χ3n) is 3.72. The molecule has 0 bridgehead atoms. The Balaban J connectivity index is 1.96. The van der Waals surface area contributed by atoms with Gasteiger partial charge in [0.1, 0.15) is 5.75 Å². The van der Waals surface area contributed by atoms with E-state index in [0.717, 1.165) is 12.8 Å². The summed E-state index contributed by atoms with van der Waals surface area (Å²) in [6.45, 7) is 0. The Morgan fingerprint density at radius 1 is 0.895 bits per heavy atom. The Labute approximate surface area is 112 Å². The van der Waals surface area contributed by atoms with Crippen LogP contribution in [0.5, 0.6) is 5.75 Å². The van der Waals surface area contributed by atoms with Crippen LogP contribution in [0.1, 0.15) is 39.9 Å². The molecule has 0 saturated heterocycles. The highest BCUT2D eigenvalue weighted by molar-refractivity contribution is 6.09. The summed E-state index contributed by atoms with van der Waals surface area (Å²) in [6, 6.07) is 12.5. The summed E-state index contributed by atoms with van der Waals surface area (Å²) in [5.74, 6) is 0.105. The first-order valence-electron chi connectivity index (χ1n) is 6.69. The topological polar surface area (TPSA) is 37.3 Å². The predicted molar refractivity (Wildman–Crippen MR) is 74.6 cm³/mol. The number of rotatable bonds is 2. The van der Waals surface area contributed by atoms with Crippen LogP contribution in [-0.2, 0) is 12.8 Å². The fourth-order valence-electron chi connectivity index (χ4n) is 2.69. The molecule has 2 aromatic carbocycles. The van der Waals surface area contributed by atoms with Crippen molar-refractivity contribution in [3.8, 4) is 5.75 Å². The molecule has 2 aromatic rings. The summed E-state index contributed by atoms with van der Waals surface area (Å²) in [7, 11) is 0. The van der Waals surface area contributed by atoms with E-state index in [4.69, 9.17) is 0 Å². The molecular formula is C17H16O2. The van der Waals surface area contributed by atoms with Crippen molar-refractivity contribution >= 4 is 5.78 Å². The van der Waals surface area contributed by atoms with E-state index in [2.05, 4.69) is 6.07 Å². The van der Waals surface area contributed by atoms with Crippen LogP contribution in [0, 0.1) is 0 Å². The Bertz CT molecular complexity index is 629. The monoisotopic (exact) mass is 252 g/mol. The fraction of sp³-hybridized carbons (Fsp3) is 0.235. The number of phenols is 1. The Hall–Kier alpha value is -2.09. The lowest BCUT2D eigenvalue weighted by atomic mass is 9.89. The van der Waals surface area contributed by atoms with Gasteiger partial charge >= 0.3 is 0 Å². The van der Waals surface area contributed by atoms with Crippen molar-refractivity contribution in [1.82, 2.24) is 0 Å². The van der Waals surface area contributed by atoms with Gasteiger partial charge in [-0.3, -0.25) is 4.79 Å². The standard InChI is InChI=1S/C17H16O2/c18-16-7-3-6-14(11-16)17(19)15-9-8-12-4-1-2-5-13(12)10-15/h3,6-11,18H,1-2,4-5H2. The van der Waals surface area contributed by atoms with Gasteiger partial charge in [0.15, 0.2) is 5.78 Å². The van der Waals surface area contributed by atoms with E-state index < -0.39 is 0 Å². The fourth-order valence-corrected chi connectivity index (χ4v) is 2.69. The number of carbonyl (C=O) groups is 1. The molecule has 96 valence electrons. The van der Waals surface area contributed by atoms with E-state index in [1.165, 1.54) is 30.0 Å². The first-order valence-corrected chi connectivity index (χ1v) is 6.69. The molecule has 19 heavy (non-hydrogen) atoms.